The van der Waals surface area contributed by atoms with Gasteiger partial charge in [-0.2, -0.15) is 4.72 Å². The number of sulfonamides is 1. The highest BCUT2D eigenvalue weighted by Gasteiger charge is 2.27. The molecule has 0 unspecified atom stereocenters. The van der Waals surface area contributed by atoms with Crippen LogP contribution in [0.25, 0.3) is 0 Å². The van der Waals surface area contributed by atoms with Gasteiger partial charge in [-0.1, -0.05) is 70.5 Å². The third kappa shape index (κ3) is 5.98. The summed E-state index contributed by atoms with van der Waals surface area (Å²) in [4.78, 5) is 12.4. The van der Waals surface area contributed by atoms with Gasteiger partial charge >= 0.3 is 0 Å². The fraction of sp³-hybridized carbons (Fsp3) is 0.136. The first-order valence-corrected chi connectivity index (χ1v) is 11.5. The normalized spacial score (nSPS) is 12.3. The van der Waals surface area contributed by atoms with Crippen LogP contribution in [0, 0.1) is 5.82 Å². The maximum atomic E-state index is 14.0. The Labute approximate surface area is 183 Å². The zero-order valence-electron chi connectivity index (χ0n) is 15.9. The smallest absolute Gasteiger partial charge is 0.244 e. The number of amides is 1. The first kappa shape index (κ1) is 22.1. The lowest BCUT2D eigenvalue weighted by Gasteiger charge is -2.19. The molecule has 0 saturated carbocycles. The predicted octanol–water partition coefficient (Wildman–Crippen LogP) is 3.79. The van der Waals surface area contributed by atoms with Gasteiger partial charge in [0.15, 0.2) is 0 Å². The van der Waals surface area contributed by atoms with Gasteiger partial charge in [-0.3, -0.25) is 4.79 Å². The molecule has 0 fully saturated rings. The molecule has 1 atom stereocenters. The molecule has 0 aliphatic heterocycles. The molecule has 156 valence electrons. The van der Waals surface area contributed by atoms with Crippen molar-refractivity contribution < 1.29 is 17.6 Å². The summed E-state index contributed by atoms with van der Waals surface area (Å²) in [6, 6.07) is 20.4. The van der Waals surface area contributed by atoms with Crippen molar-refractivity contribution in [3.8, 4) is 0 Å². The lowest BCUT2D eigenvalue weighted by atomic mass is 10.1. The summed E-state index contributed by atoms with van der Waals surface area (Å²) in [7, 11) is -4.24. The zero-order chi connectivity index (χ0) is 21.6. The van der Waals surface area contributed by atoms with Crippen LogP contribution in [0.3, 0.4) is 0 Å². The molecule has 0 aliphatic carbocycles. The van der Waals surface area contributed by atoms with E-state index in [0.717, 1.165) is 27.7 Å². The standard InChI is InChI=1S/C22H20BrFN2O3S/c23-18-10-6-9-17(13-18)15-25-22(27)20(14-16-7-2-1-3-8-16)26-30(28,29)21-12-5-4-11-19(21)24/h1-13,20,26H,14-15H2,(H,25,27)/t20-/m0/s1. The van der Waals surface area contributed by atoms with Gasteiger partial charge in [0.1, 0.15) is 16.8 Å². The van der Waals surface area contributed by atoms with Gasteiger partial charge in [-0.15, -0.1) is 0 Å². The number of carbonyl (C=O) groups is 1. The average molecular weight is 491 g/mol. The van der Waals surface area contributed by atoms with Crippen molar-refractivity contribution >= 4 is 31.9 Å². The fourth-order valence-corrected chi connectivity index (χ4v) is 4.63. The van der Waals surface area contributed by atoms with Crippen LogP contribution >= 0.6 is 15.9 Å². The quantitative estimate of drug-likeness (QED) is 0.504. The molecule has 0 spiro atoms. The Morgan fingerprint density at radius 2 is 1.60 bits per heavy atom. The van der Waals surface area contributed by atoms with Crippen molar-refractivity contribution in [1.29, 1.82) is 0 Å². The van der Waals surface area contributed by atoms with Crippen LogP contribution in [-0.4, -0.2) is 20.4 Å². The number of halogens is 2. The third-order valence-corrected chi connectivity index (χ3v) is 6.38. The molecule has 30 heavy (non-hydrogen) atoms. The van der Waals surface area contributed by atoms with Gasteiger partial charge in [0.2, 0.25) is 15.9 Å². The Bertz CT molecular complexity index is 1120. The summed E-state index contributed by atoms with van der Waals surface area (Å²) in [6.45, 7) is 0.227. The van der Waals surface area contributed by atoms with Crippen molar-refractivity contribution in [3.05, 3.63) is 100 Å². The molecule has 3 rings (SSSR count). The first-order valence-electron chi connectivity index (χ1n) is 9.18. The van der Waals surface area contributed by atoms with Crippen LogP contribution in [-0.2, 0) is 27.8 Å². The topological polar surface area (TPSA) is 75.3 Å². The van der Waals surface area contributed by atoms with Gasteiger partial charge in [0, 0.05) is 11.0 Å². The summed E-state index contributed by atoms with van der Waals surface area (Å²) >= 11 is 3.37. The summed E-state index contributed by atoms with van der Waals surface area (Å²) in [5.74, 6) is -1.38. The molecule has 3 aromatic carbocycles. The average Bonchev–Trinajstić information content (AvgIpc) is 2.72. The molecular weight excluding hydrogens is 471 g/mol. The minimum Gasteiger partial charge on any atom is -0.351 e. The molecule has 3 aromatic rings. The number of benzene rings is 3. The second-order valence-electron chi connectivity index (χ2n) is 6.64. The summed E-state index contributed by atoms with van der Waals surface area (Å²) in [5, 5.41) is 2.75. The molecule has 5 nitrogen and oxygen atoms in total. The third-order valence-electron chi connectivity index (χ3n) is 4.38. The summed E-state index contributed by atoms with van der Waals surface area (Å²) in [6.07, 6.45) is 0.124. The minimum atomic E-state index is -4.24. The Hall–Kier alpha value is -2.55. The lowest BCUT2D eigenvalue weighted by Crippen LogP contribution is -2.47. The van der Waals surface area contributed by atoms with Crippen LogP contribution in [0.2, 0.25) is 0 Å². The highest BCUT2D eigenvalue weighted by molar-refractivity contribution is 9.10. The SMILES string of the molecule is O=C(NCc1cccc(Br)c1)[C@H](Cc1ccccc1)NS(=O)(=O)c1ccccc1F. The van der Waals surface area contributed by atoms with Crippen molar-refractivity contribution in [1.82, 2.24) is 10.0 Å². The Morgan fingerprint density at radius 3 is 2.30 bits per heavy atom. The van der Waals surface area contributed by atoms with Gasteiger partial charge in [0.05, 0.1) is 0 Å². The Balaban J connectivity index is 1.81. The first-order chi connectivity index (χ1) is 14.3. The van der Waals surface area contributed by atoms with Crippen molar-refractivity contribution in [2.75, 3.05) is 0 Å². The minimum absolute atomic E-state index is 0.124. The monoisotopic (exact) mass is 490 g/mol. The molecule has 8 heteroatoms. The lowest BCUT2D eigenvalue weighted by molar-refractivity contribution is -0.122. The van der Waals surface area contributed by atoms with Crippen molar-refractivity contribution in [2.24, 2.45) is 0 Å². The van der Waals surface area contributed by atoms with Crippen molar-refractivity contribution in [3.63, 3.8) is 0 Å². The number of carbonyl (C=O) groups excluding carboxylic acids is 1. The van der Waals surface area contributed by atoms with E-state index < -0.39 is 32.7 Å². The van der Waals surface area contributed by atoms with E-state index in [9.17, 15) is 17.6 Å². The zero-order valence-corrected chi connectivity index (χ0v) is 18.3. The van der Waals surface area contributed by atoms with Crippen molar-refractivity contribution in [2.45, 2.75) is 23.9 Å². The van der Waals surface area contributed by atoms with Gasteiger partial charge in [-0.05, 0) is 41.8 Å². The number of hydrogen-bond donors (Lipinski definition) is 2. The molecule has 0 aliphatic rings. The molecule has 1 amide bonds. The highest BCUT2D eigenvalue weighted by atomic mass is 79.9. The number of hydrogen-bond acceptors (Lipinski definition) is 3. The predicted molar refractivity (Wildman–Crippen MR) is 117 cm³/mol. The van der Waals surface area contributed by atoms with E-state index >= 15 is 0 Å². The Kier molecular flexibility index (Phi) is 7.36. The van der Waals surface area contributed by atoms with Gasteiger partial charge in [-0.25, -0.2) is 12.8 Å². The van der Waals surface area contributed by atoms with E-state index in [2.05, 4.69) is 26.0 Å². The molecule has 0 aromatic heterocycles. The van der Waals surface area contributed by atoms with Crippen LogP contribution in [0.4, 0.5) is 4.39 Å². The van der Waals surface area contributed by atoms with E-state index in [-0.39, 0.29) is 13.0 Å². The second-order valence-corrected chi connectivity index (χ2v) is 9.24. The molecule has 0 radical (unpaired) electrons. The maximum Gasteiger partial charge on any atom is 0.244 e. The molecule has 0 bridgehead atoms. The number of nitrogens with one attached hydrogen (secondary N) is 2. The van der Waals surface area contributed by atoms with E-state index in [0.29, 0.717) is 0 Å². The molecule has 0 saturated heterocycles. The molecule has 0 heterocycles. The van der Waals surface area contributed by atoms with E-state index in [1.165, 1.54) is 12.1 Å². The fourth-order valence-electron chi connectivity index (χ4n) is 2.91. The van der Waals surface area contributed by atoms with Crippen LogP contribution in [0.1, 0.15) is 11.1 Å². The molecular formula is C22H20BrFN2O3S. The van der Waals surface area contributed by atoms with Gasteiger partial charge in [0.25, 0.3) is 0 Å². The second kappa shape index (κ2) is 9.97. The Morgan fingerprint density at radius 1 is 0.933 bits per heavy atom. The number of rotatable bonds is 8. The highest BCUT2D eigenvalue weighted by Crippen LogP contribution is 2.15. The maximum absolute atomic E-state index is 14.0. The van der Waals surface area contributed by atoms with E-state index in [1.807, 2.05) is 30.3 Å². The summed E-state index contributed by atoms with van der Waals surface area (Å²) < 4.78 is 42.8. The van der Waals surface area contributed by atoms with E-state index in [4.69, 9.17) is 0 Å². The van der Waals surface area contributed by atoms with Crippen LogP contribution < -0.4 is 10.0 Å². The molecule has 2 N–H and O–H groups in total. The van der Waals surface area contributed by atoms with Crippen LogP contribution in [0.5, 0.6) is 0 Å². The summed E-state index contributed by atoms with van der Waals surface area (Å²) in [5.41, 5.74) is 1.63. The van der Waals surface area contributed by atoms with Gasteiger partial charge < -0.3 is 5.32 Å². The largest absolute Gasteiger partial charge is 0.351 e. The van der Waals surface area contributed by atoms with E-state index in [1.54, 1.807) is 24.3 Å². The van der Waals surface area contributed by atoms with Crippen LogP contribution in [0.15, 0.2) is 88.2 Å².